The summed E-state index contributed by atoms with van der Waals surface area (Å²) in [7, 11) is 0. The van der Waals surface area contributed by atoms with Gasteiger partial charge in [0.25, 0.3) is 0 Å². The summed E-state index contributed by atoms with van der Waals surface area (Å²) < 4.78 is 28.1. The number of nitrogens with one attached hydrogen (secondary N) is 1. The molecule has 1 aliphatic heterocycles. The maximum Gasteiger partial charge on any atom is 0.224 e. The number of carbonyl (C=O) groups is 2. The number of rotatable bonds is 3. The quantitative estimate of drug-likeness (QED) is 0.918. The van der Waals surface area contributed by atoms with Gasteiger partial charge < -0.3 is 14.8 Å². The smallest absolute Gasteiger partial charge is 0.224 e. The van der Waals surface area contributed by atoms with Gasteiger partial charge in [-0.05, 0) is 0 Å². The molecule has 0 spiro atoms. The highest BCUT2D eigenvalue weighted by Gasteiger charge is 2.18. The lowest BCUT2D eigenvalue weighted by molar-refractivity contribution is -0.131. The summed E-state index contributed by atoms with van der Waals surface area (Å²) in [6.07, 6.45) is 1.97. The second-order valence-electron chi connectivity index (χ2n) is 5.42. The number of carbonyl (C=O) groups excluding carboxylic acids is 2. The molecule has 23 heavy (non-hydrogen) atoms. The fourth-order valence-corrected chi connectivity index (χ4v) is 2.62. The molecule has 2 heterocycles. The van der Waals surface area contributed by atoms with Crippen LogP contribution in [-0.2, 0) is 16.1 Å². The van der Waals surface area contributed by atoms with Crippen molar-refractivity contribution in [3.8, 4) is 0 Å². The average molecular weight is 322 g/mol. The van der Waals surface area contributed by atoms with Gasteiger partial charge in [0.2, 0.25) is 11.8 Å². The first-order valence-electron chi connectivity index (χ1n) is 7.39. The molecule has 0 saturated carbocycles. The van der Waals surface area contributed by atoms with Crippen molar-refractivity contribution in [2.24, 2.45) is 0 Å². The highest BCUT2D eigenvalue weighted by Crippen LogP contribution is 2.18. The fraction of sp³-hybridized carbons (Fsp3) is 0.400. The first-order chi connectivity index (χ1) is 11.0. The van der Waals surface area contributed by atoms with Crippen molar-refractivity contribution in [3.05, 3.63) is 30.1 Å². The van der Waals surface area contributed by atoms with E-state index in [2.05, 4.69) is 10.3 Å². The Morgan fingerprint density at radius 2 is 2.04 bits per heavy atom. The maximum atomic E-state index is 13.3. The van der Waals surface area contributed by atoms with Crippen molar-refractivity contribution >= 4 is 22.8 Å². The average Bonchev–Trinajstić information content (AvgIpc) is 2.76. The van der Waals surface area contributed by atoms with E-state index in [4.69, 9.17) is 0 Å². The third kappa shape index (κ3) is 3.30. The summed E-state index contributed by atoms with van der Waals surface area (Å²) >= 11 is 0. The number of aryl methyl sites for hydroxylation is 1. The molecule has 3 rings (SSSR count). The summed E-state index contributed by atoms with van der Waals surface area (Å²) in [6.45, 7) is 1.64. The van der Waals surface area contributed by atoms with Crippen LogP contribution in [0.3, 0.4) is 0 Å². The van der Waals surface area contributed by atoms with Crippen molar-refractivity contribution in [3.63, 3.8) is 0 Å². The van der Waals surface area contributed by atoms with E-state index < -0.39 is 11.6 Å². The molecule has 2 amide bonds. The molecule has 1 aromatic carbocycles. The number of fused-ring (bicyclic) bond motifs is 1. The lowest BCUT2D eigenvalue weighted by atomic mass is 10.2. The Kier molecular flexibility index (Phi) is 4.22. The number of aromatic nitrogens is 2. The molecule has 8 heteroatoms. The summed E-state index contributed by atoms with van der Waals surface area (Å²) in [5.74, 6) is -2.02. The van der Waals surface area contributed by atoms with Crippen LogP contribution < -0.4 is 5.32 Å². The van der Waals surface area contributed by atoms with Crippen LogP contribution in [0, 0.1) is 11.6 Å². The lowest BCUT2D eigenvalue weighted by Gasteiger charge is -2.19. The van der Waals surface area contributed by atoms with Gasteiger partial charge in [-0.2, -0.15) is 0 Å². The molecule has 0 unspecified atom stereocenters. The van der Waals surface area contributed by atoms with Gasteiger partial charge in [-0.3, -0.25) is 9.59 Å². The molecule has 122 valence electrons. The first kappa shape index (κ1) is 15.4. The number of halogens is 2. The predicted molar refractivity (Wildman–Crippen MR) is 78.5 cm³/mol. The van der Waals surface area contributed by atoms with E-state index in [0.717, 1.165) is 12.1 Å². The number of nitrogens with zero attached hydrogens (tertiary/aromatic N) is 3. The molecule has 0 atom stereocenters. The molecule has 1 aliphatic rings. The second-order valence-corrected chi connectivity index (χ2v) is 5.42. The molecule has 0 radical (unpaired) electrons. The van der Waals surface area contributed by atoms with E-state index in [1.54, 1.807) is 9.47 Å². The van der Waals surface area contributed by atoms with E-state index in [0.29, 0.717) is 43.6 Å². The Labute approximate surface area is 131 Å². The highest BCUT2D eigenvalue weighted by molar-refractivity contribution is 5.80. The minimum Gasteiger partial charge on any atom is -0.354 e. The van der Waals surface area contributed by atoms with Crippen LogP contribution in [0.15, 0.2) is 18.5 Å². The van der Waals surface area contributed by atoms with Crippen molar-refractivity contribution in [2.75, 3.05) is 19.6 Å². The Balaban J connectivity index is 1.67. The predicted octanol–water partition coefficient (Wildman–Crippen LogP) is 1.05. The van der Waals surface area contributed by atoms with Gasteiger partial charge in [-0.1, -0.05) is 0 Å². The Hall–Kier alpha value is -2.51. The summed E-state index contributed by atoms with van der Waals surface area (Å²) in [5, 5.41) is 2.71. The number of hydrogen-bond acceptors (Lipinski definition) is 3. The number of benzene rings is 1. The molecule has 1 saturated heterocycles. The minimum atomic E-state index is -0.944. The summed E-state index contributed by atoms with van der Waals surface area (Å²) in [4.78, 5) is 29.2. The number of amides is 2. The van der Waals surface area contributed by atoms with E-state index in [-0.39, 0.29) is 18.2 Å². The normalized spacial score (nSPS) is 15.6. The summed E-state index contributed by atoms with van der Waals surface area (Å²) in [6, 6.07) is 2.12. The van der Waals surface area contributed by atoms with Crippen LogP contribution in [0.4, 0.5) is 8.78 Å². The lowest BCUT2D eigenvalue weighted by Crippen LogP contribution is -2.34. The van der Waals surface area contributed by atoms with Gasteiger partial charge in [-0.15, -0.1) is 0 Å². The third-order valence-electron chi connectivity index (χ3n) is 3.90. The minimum absolute atomic E-state index is 0.0570. The molecular weight excluding hydrogens is 306 g/mol. The second kappa shape index (κ2) is 6.31. The van der Waals surface area contributed by atoms with Gasteiger partial charge in [0.1, 0.15) is 0 Å². The zero-order valence-electron chi connectivity index (χ0n) is 12.4. The van der Waals surface area contributed by atoms with Crippen LogP contribution in [0.25, 0.3) is 11.0 Å². The number of hydrogen-bond donors (Lipinski definition) is 1. The van der Waals surface area contributed by atoms with Gasteiger partial charge in [-0.25, -0.2) is 13.8 Å². The van der Waals surface area contributed by atoms with Crippen LogP contribution in [0.2, 0.25) is 0 Å². The van der Waals surface area contributed by atoms with Crippen molar-refractivity contribution < 1.29 is 18.4 Å². The fourth-order valence-electron chi connectivity index (χ4n) is 2.62. The zero-order chi connectivity index (χ0) is 16.4. The molecule has 1 aromatic heterocycles. The van der Waals surface area contributed by atoms with Gasteiger partial charge in [0.05, 0.1) is 17.4 Å². The molecule has 0 bridgehead atoms. The van der Waals surface area contributed by atoms with E-state index in [1.807, 2.05) is 0 Å². The van der Waals surface area contributed by atoms with Crippen LogP contribution in [0.1, 0.15) is 12.8 Å². The van der Waals surface area contributed by atoms with Crippen molar-refractivity contribution in [2.45, 2.75) is 19.4 Å². The molecule has 1 fully saturated rings. The van der Waals surface area contributed by atoms with Crippen LogP contribution in [-0.4, -0.2) is 45.9 Å². The van der Waals surface area contributed by atoms with Crippen LogP contribution >= 0.6 is 0 Å². The van der Waals surface area contributed by atoms with Gasteiger partial charge in [0, 0.05) is 51.2 Å². The molecular formula is C15H16F2N4O2. The third-order valence-corrected chi connectivity index (χ3v) is 3.90. The Morgan fingerprint density at radius 3 is 2.87 bits per heavy atom. The largest absolute Gasteiger partial charge is 0.354 e. The summed E-state index contributed by atoms with van der Waals surface area (Å²) in [5.41, 5.74) is 0.797. The Morgan fingerprint density at radius 1 is 1.26 bits per heavy atom. The van der Waals surface area contributed by atoms with Gasteiger partial charge in [0.15, 0.2) is 11.6 Å². The zero-order valence-corrected chi connectivity index (χ0v) is 12.4. The Bertz CT molecular complexity index is 759. The highest BCUT2D eigenvalue weighted by atomic mass is 19.2. The maximum absolute atomic E-state index is 13.3. The molecule has 2 aromatic rings. The SMILES string of the molecule is O=C1CCN(C(=O)CCn2cnc3cc(F)c(F)cc32)CCN1. The monoisotopic (exact) mass is 322 g/mol. The standard InChI is InChI=1S/C15H16F2N4O2/c16-10-7-12-13(8-11(10)17)21(9-19-12)5-2-15(23)20-4-1-14(22)18-3-6-20/h7-9H,1-6H2,(H,18,22). The first-order valence-corrected chi connectivity index (χ1v) is 7.39. The topological polar surface area (TPSA) is 67.2 Å². The molecule has 1 N–H and O–H groups in total. The van der Waals surface area contributed by atoms with E-state index >= 15 is 0 Å². The molecule has 6 nitrogen and oxygen atoms in total. The number of imidazole rings is 1. The van der Waals surface area contributed by atoms with Gasteiger partial charge >= 0.3 is 0 Å². The van der Waals surface area contributed by atoms with Crippen molar-refractivity contribution in [1.82, 2.24) is 19.8 Å². The van der Waals surface area contributed by atoms with Crippen molar-refractivity contribution in [1.29, 1.82) is 0 Å². The van der Waals surface area contributed by atoms with E-state index in [1.165, 1.54) is 6.33 Å². The molecule has 0 aliphatic carbocycles. The van der Waals surface area contributed by atoms with E-state index in [9.17, 15) is 18.4 Å². The van der Waals surface area contributed by atoms with Crippen LogP contribution in [0.5, 0.6) is 0 Å².